The number of nitrogens with zero attached hydrogens (tertiary/aromatic N) is 2. The van der Waals surface area contributed by atoms with Gasteiger partial charge in [-0.15, -0.1) is 0 Å². The number of rotatable bonds is 3. The third-order valence-electron chi connectivity index (χ3n) is 2.64. The van der Waals surface area contributed by atoms with Crippen LogP contribution in [0, 0.1) is 9.39 Å². The predicted octanol–water partition coefficient (Wildman–Crippen LogP) is 2.56. The van der Waals surface area contributed by atoms with Gasteiger partial charge in [0.15, 0.2) is 5.69 Å². The highest BCUT2D eigenvalue weighted by molar-refractivity contribution is 14.1. The number of aromatic nitrogens is 1. The molecule has 22 heavy (non-hydrogen) atoms. The summed E-state index contributed by atoms with van der Waals surface area (Å²) in [7, 11) is 0. The molecule has 0 spiro atoms. The third kappa shape index (κ3) is 3.49. The first-order chi connectivity index (χ1) is 10.4. The molecule has 2 rings (SSSR count). The Morgan fingerprint density at radius 2 is 2.05 bits per heavy atom. The molecule has 1 heterocycles. The van der Waals surface area contributed by atoms with Gasteiger partial charge in [0.2, 0.25) is 0 Å². The normalized spacial score (nSPS) is 10.1. The summed E-state index contributed by atoms with van der Waals surface area (Å²) in [5.41, 5.74) is 0.0380. The van der Waals surface area contributed by atoms with Crippen molar-refractivity contribution < 1.29 is 19.1 Å². The number of anilines is 2. The van der Waals surface area contributed by atoms with Gasteiger partial charge in [0.05, 0.1) is 11.4 Å². The van der Waals surface area contributed by atoms with Crippen LogP contribution < -0.4 is 11.2 Å². The van der Waals surface area contributed by atoms with Gasteiger partial charge < -0.3 is 10.4 Å². The van der Waals surface area contributed by atoms with Crippen molar-refractivity contribution >= 4 is 46.0 Å². The highest BCUT2D eigenvalue weighted by atomic mass is 127. The molecule has 0 radical (unpaired) electrons. The highest BCUT2D eigenvalue weighted by Gasteiger charge is 2.23. The highest BCUT2D eigenvalue weighted by Crippen LogP contribution is 2.23. The molecule has 0 unspecified atom stereocenters. The Balaban J connectivity index is 2.36. The number of hydrazine groups is 1. The van der Waals surface area contributed by atoms with E-state index in [9.17, 15) is 14.0 Å². The topological polar surface area (TPSA) is 109 Å². The van der Waals surface area contributed by atoms with Crippen LogP contribution in [0.25, 0.3) is 0 Å². The van der Waals surface area contributed by atoms with Crippen LogP contribution in [-0.4, -0.2) is 27.1 Å². The SMILES string of the molecule is NN(C(=O)O)C(=O)c1ncccc1Nc1ccc(I)cc1F. The summed E-state index contributed by atoms with van der Waals surface area (Å²) in [4.78, 5) is 26.5. The van der Waals surface area contributed by atoms with E-state index in [1.165, 1.54) is 30.5 Å². The number of hydrogen-bond donors (Lipinski definition) is 3. The summed E-state index contributed by atoms with van der Waals surface area (Å²) < 4.78 is 14.6. The van der Waals surface area contributed by atoms with Crippen molar-refractivity contribution in [2.24, 2.45) is 5.84 Å². The van der Waals surface area contributed by atoms with Crippen LogP contribution in [0.4, 0.5) is 20.6 Å². The molecule has 0 aliphatic rings. The molecule has 0 saturated carbocycles. The number of benzene rings is 1. The Labute approximate surface area is 138 Å². The Morgan fingerprint density at radius 1 is 1.32 bits per heavy atom. The van der Waals surface area contributed by atoms with E-state index in [0.29, 0.717) is 3.57 Å². The number of nitrogens with two attached hydrogens (primary N) is 1. The van der Waals surface area contributed by atoms with Crippen LogP contribution in [0.2, 0.25) is 0 Å². The fraction of sp³-hybridized carbons (Fsp3) is 0. The monoisotopic (exact) mass is 416 g/mol. The molecule has 4 N–H and O–H groups in total. The lowest BCUT2D eigenvalue weighted by molar-refractivity contribution is 0.0737. The van der Waals surface area contributed by atoms with Crippen LogP contribution in [0.1, 0.15) is 10.5 Å². The van der Waals surface area contributed by atoms with Gasteiger partial charge >= 0.3 is 6.09 Å². The zero-order valence-corrected chi connectivity index (χ0v) is 13.1. The van der Waals surface area contributed by atoms with Gasteiger partial charge in [-0.1, -0.05) is 0 Å². The van der Waals surface area contributed by atoms with Crippen molar-refractivity contribution in [3.8, 4) is 0 Å². The predicted molar refractivity (Wildman–Crippen MR) is 85.0 cm³/mol. The summed E-state index contributed by atoms with van der Waals surface area (Å²) in [5.74, 6) is 3.60. The molecule has 2 amide bonds. The first kappa shape index (κ1) is 16.1. The number of imide groups is 1. The first-order valence-corrected chi connectivity index (χ1v) is 6.97. The molecule has 1 aromatic heterocycles. The Morgan fingerprint density at radius 3 is 2.68 bits per heavy atom. The minimum Gasteiger partial charge on any atom is -0.464 e. The zero-order valence-electron chi connectivity index (χ0n) is 11.0. The van der Waals surface area contributed by atoms with E-state index in [0.717, 1.165) is 0 Å². The molecule has 0 bridgehead atoms. The summed E-state index contributed by atoms with van der Waals surface area (Å²) in [6.45, 7) is 0. The Bertz CT molecular complexity index is 741. The molecule has 2 aromatic rings. The summed E-state index contributed by atoms with van der Waals surface area (Å²) in [6.07, 6.45) is -0.319. The van der Waals surface area contributed by atoms with Gasteiger partial charge in [0.1, 0.15) is 5.82 Å². The fourth-order valence-electron chi connectivity index (χ4n) is 1.61. The number of halogens is 2. The van der Waals surface area contributed by atoms with Crippen LogP contribution in [0.15, 0.2) is 36.5 Å². The molecule has 0 saturated heterocycles. The van der Waals surface area contributed by atoms with Gasteiger partial charge in [0, 0.05) is 9.77 Å². The number of amides is 2. The van der Waals surface area contributed by atoms with Crippen LogP contribution in [0.5, 0.6) is 0 Å². The molecule has 7 nitrogen and oxygen atoms in total. The lowest BCUT2D eigenvalue weighted by Gasteiger charge is -2.14. The maximum absolute atomic E-state index is 13.9. The number of nitrogens with one attached hydrogen (secondary N) is 1. The standard InChI is InChI=1S/C13H10FIN4O3/c14-8-6-7(15)3-4-9(8)18-10-2-1-5-17-11(10)12(20)19(16)13(21)22/h1-6,18H,16H2,(H,21,22). The zero-order chi connectivity index (χ0) is 16.3. The van der Waals surface area contributed by atoms with Gasteiger partial charge in [-0.25, -0.2) is 20.0 Å². The fourth-order valence-corrected chi connectivity index (χ4v) is 2.07. The van der Waals surface area contributed by atoms with Gasteiger partial charge in [-0.05, 0) is 52.9 Å². The Hall–Kier alpha value is -2.27. The summed E-state index contributed by atoms with van der Waals surface area (Å²) >= 11 is 1.96. The summed E-state index contributed by atoms with van der Waals surface area (Å²) in [5, 5.41) is 11.5. The van der Waals surface area contributed by atoms with Crippen molar-refractivity contribution in [1.29, 1.82) is 0 Å². The first-order valence-electron chi connectivity index (χ1n) is 5.89. The molecule has 1 aromatic carbocycles. The van der Waals surface area contributed by atoms with Crippen molar-refractivity contribution in [1.82, 2.24) is 9.99 Å². The van der Waals surface area contributed by atoms with E-state index < -0.39 is 17.8 Å². The molecule has 0 fully saturated rings. The smallest absolute Gasteiger partial charge is 0.429 e. The minimum absolute atomic E-state index is 0.0117. The molecule has 9 heteroatoms. The van der Waals surface area contributed by atoms with Crippen molar-refractivity contribution in [2.75, 3.05) is 5.32 Å². The lowest BCUT2D eigenvalue weighted by Crippen LogP contribution is -2.42. The van der Waals surface area contributed by atoms with E-state index in [-0.39, 0.29) is 22.1 Å². The average Bonchev–Trinajstić information content (AvgIpc) is 2.49. The van der Waals surface area contributed by atoms with Crippen molar-refractivity contribution in [2.45, 2.75) is 0 Å². The summed E-state index contributed by atoms with van der Waals surface area (Å²) in [6, 6.07) is 7.47. The maximum atomic E-state index is 13.9. The second kappa shape index (κ2) is 6.66. The van der Waals surface area contributed by atoms with Crippen LogP contribution in [-0.2, 0) is 0 Å². The molecular formula is C13H10FIN4O3. The molecular weight excluding hydrogens is 406 g/mol. The number of pyridine rings is 1. The number of carboxylic acid groups (broad SMARTS) is 1. The van der Waals surface area contributed by atoms with Gasteiger partial charge in [-0.2, -0.15) is 5.01 Å². The van der Waals surface area contributed by atoms with E-state index in [1.807, 2.05) is 22.6 Å². The van der Waals surface area contributed by atoms with E-state index in [4.69, 9.17) is 10.9 Å². The van der Waals surface area contributed by atoms with Crippen molar-refractivity contribution in [3.63, 3.8) is 0 Å². The van der Waals surface area contributed by atoms with E-state index in [1.54, 1.807) is 6.07 Å². The molecule has 114 valence electrons. The number of carbonyl (C=O) groups is 2. The second-order valence-corrected chi connectivity index (χ2v) is 5.35. The van der Waals surface area contributed by atoms with Gasteiger partial charge in [0.25, 0.3) is 5.91 Å². The molecule has 0 atom stereocenters. The number of carbonyl (C=O) groups excluding carboxylic acids is 1. The van der Waals surface area contributed by atoms with Crippen molar-refractivity contribution in [3.05, 3.63) is 51.6 Å². The van der Waals surface area contributed by atoms with Crippen LogP contribution >= 0.6 is 22.6 Å². The maximum Gasteiger partial charge on any atom is 0.429 e. The lowest BCUT2D eigenvalue weighted by atomic mass is 10.2. The van der Waals surface area contributed by atoms with E-state index >= 15 is 0 Å². The minimum atomic E-state index is -1.62. The largest absolute Gasteiger partial charge is 0.464 e. The molecule has 0 aliphatic heterocycles. The van der Waals surface area contributed by atoms with Gasteiger partial charge in [-0.3, -0.25) is 4.79 Å². The van der Waals surface area contributed by atoms with E-state index in [2.05, 4.69) is 10.3 Å². The average molecular weight is 416 g/mol. The Kier molecular flexibility index (Phi) is 4.88. The second-order valence-electron chi connectivity index (χ2n) is 4.11. The molecule has 0 aliphatic carbocycles. The quantitative estimate of drug-likeness (QED) is 0.307. The van der Waals surface area contributed by atoms with Crippen LogP contribution in [0.3, 0.4) is 0 Å². The third-order valence-corrected chi connectivity index (χ3v) is 3.31. The number of hydrogen-bond acceptors (Lipinski definition) is 5.